The Bertz CT molecular complexity index is 339. The second kappa shape index (κ2) is 6.75. The summed E-state index contributed by atoms with van der Waals surface area (Å²) >= 11 is 5.66. The second-order valence-corrected chi connectivity index (χ2v) is 3.40. The van der Waals surface area contributed by atoms with E-state index in [0.29, 0.717) is 12.2 Å². The molecule has 0 amide bonds. The molecule has 0 bridgehead atoms. The molecular formula is C10H13ClF2N2O. The van der Waals surface area contributed by atoms with Gasteiger partial charge in [0.2, 0.25) is 0 Å². The van der Waals surface area contributed by atoms with E-state index >= 15 is 0 Å². The number of alkyl halides is 1. The quantitative estimate of drug-likeness (QED) is 0.351. The zero-order valence-corrected chi connectivity index (χ0v) is 9.52. The number of hydrogen-bond donors (Lipinski definition) is 2. The minimum atomic E-state index is -0.687. The molecule has 90 valence electrons. The first-order chi connectivity index (χ1) is 7.63. The van der Waals surface area contributed by atoms with Crippen LogP contribution in [0.5, 0.6) is 0 Å². The molecule has 1 atom stereocenters. The van der Waals surface area contributed by atoms with Crippen LogP contribution < -0.4 is 10.9 Å². The monoisotopic (exact) mass is 250 g/mol. The normalized spacial score (nSPS) is 12.8. The van der Waals surface area contributed by atoms with Gasteiger partial charge >= 0.3 is 0 Å². The summed E-state index contributed by atoms with van der Waals surface area (Å²) in [6.45, 7) is 2.45. The third-order valence-electron chi connectivity index (χ3n) is 1.82. The van der Waals surface area contributed by atoms with Gasteiger partial charge in [-0.05, 0) is 13.0 Å². The van der Waals surface area contributed by atoms with Crippen LogP contribution >= 0.6 is 11.6 Å². The van der Waals surface area contributed by atoms with Gasteiger partial charge in [-0.3, -0.25) is 5.43 Å². The Kier molecular flexibility index (Phi) is 5.62. The molecule has 0 fully saturated rings. The third-order valence-corrected chi connectivity index (χ3v) is 2.06. The largest absolute Gasteiger partial charge is 0.349 e. The lowest BCUT2D eigenvalue weighted by Gasteiger charge is -2.12. The molecule has 16 heavy (non-hydrogen) atoms. The summed E-state index contributed by atoms with van der Waals surface area (Å²) in [6, 6.07) is 3.39. The van der Waals surface area contributed by atoms with Crippen LogP contribution in [-0.2, 0) is 11.3 Å². The predicted octanol–water partition coefficient (Wildman–Crippen LogP) is 2.12. The summed E-state index contributed by atoms with van der Waals surface area (Å²) in [7, 11) is 0. The van der Waals surface area contributed by atoms with E-state index < -0.39 is 17.3 Å². The van der Waals surface area contributed by atoms with Crippen molar-refractivity contribution < 1.29 is 13.5 Å². The van der Waals surface area contributed by atoms with Crippen molar-refractivity contribution in [3.8, 4) is 0 Å². The topological polar surface area (TPSA) is 33.3 Å². The number of nitrogens with one attached hydrogen (secondary N) is 2. The molecule has 0 saturated heterocycles. The van der Waals surface area contributed by atoms with Crippen molar-refractivity contribution in [1.29, 1.82) is 0 Å². The van der Waals surface area contributed by atoms with Crippen LogP contribution in [0.3, 0.4) is 0 Å². The van der Waals surface area contributed by atoms with Crippen LogP contribution in [0.4, 0.5) is 8.78 Å². The summed E-state index contributed by atoms with van der Waals surface area (Å²) in [4.78, 5) is 0. The lowest BCUT2D eigenvalue weighted by molar-refractivity contribution is 0.0844. The van der Waals surface area contributed by atoms with Gasteiger partial charge in [0.1, 0.15) is 11.6 Å². The Labute approximate surface area is 97.7 Å². The molecule has 1 aromatic carbocycles. The first kappa shape index (κ1) is 13.3. The molecule has 0 aliphatic heterocycles. The Morgan fingerprint density at radius 3 is 2.81 bits per heavy atom. The van der Waals surface area contributed by atoms with E-state index in [1.54, 1.807) is 6.92 Å². The molecule has 0 aliphatic carbocycles. The maximum absolute atomic E-state index is 13.2. The average Bonchev–Trinajstić information content (AvgIpc) is 2.22. The molecule has 1 rings (SSSR count). The number of rotatable bonds is 6. The molecule has 3 nitrogen and oxygen atoms in total. The Hall–Kier alpha value is -0.750. The Morgan fingerprint density at radius 1 is 1.44 bits per heavy atom. The van der Waals surface area contributed by atoms with E-state index in [1.165, 1.54) is 12.1 Å². The van der Waals surface area contributed by atoms with E-state index in [1.807, 2.05) is 0 Å². The number of hydrazine groups is 1. The fourth-order valence-electron chi connectivity index (χ4n) is 1.08. The van der Waals surface area contributed by atoms with E-state index in [2.05, 4.69) is 10.9 Å². The van der Waals surface area contributed by atoms with Gasteiger partial charge < -0.3 is 4.74 Å². The van der Waals surface area contributed by atoms with Crippen LogP contribution in [0.25, 0.3) is 0 Å². The summed E-state index contributed by atoms with van der Waals surface area (Å²) < 4.78 is 30.7. The van der Waals surface area contributed by atoms with Gasteiger partial charge in [0.05, 0.1) is 0 Å². The number of hydrogen-bond acceptors (Lipinski definition) is 3. The van der Waals surface area contributed by atoms with E-state index in [9.17, 15) is 8.78 Å². The van der Waals surface area contributed by atoms with Crippen molar-refractivity contribution in [2.45, 2.75) is 19.2 Å². The smallest absolute Gasteiger partial charge is 0.197 e. The lowest BCUT2D eigenvalue weighted by atomic mass is 10.2. The minimum Gasteiger partial charge on any atom is -0.349 e. The molecule has 0 heterocycles. The third kappa shape index (κ3) is 4.40. The van der Waals surface area contributed by atoms with Crippen LogP contribution in [0.1, 0.15) is 12.5 Å². The van der Waals surface area contributed by atoms with Crippen LogP contribution in [0.2, 0.25) is 0 Å². The zero-order chi connectivity index (χ0) is 12.0. The van der Waals surface area contributed by atoms with Gasteiger partial charge in [0.15, 0.2) is 5.69 Å². The summed E-state index contributed by atoms with van der Waals surface area (Å²) in [6.07, 6.45) is 0. The van der Waals surface area contributed by atoms with Gasteiger partial charge in [-0.2, -0.15) is 0 Å². The van der Waals surface area contributed by atoms with E-state index in [4.69, 9.17) is 16.3 Å². The highest BCUT2D eigenvalue weighted by molar-refractivity contribution is 6.19. The van der Waals surface area contributed by atoms with Crippen molar-refractivity contribution in [3.63, 3.8) is 0 Å². The summed E-state index contributed by atoms with van der Waals surface area (Å²) in [5, 5.41) is 0. The van der Waals surface area contributed by atoms with Crippen LogP contribution in [0.15, 0.2) is 18.2 Å². The van der Waals surface area contributed by atoms with E-state index in [0.717, 1.165) is 6.07 Å². The molecule has 2 N–H and O–H groups in total. The Morgan fingerprint density at radius 2 is 2.19 bits per heavy atom. The lowest BCUT2D eigenvalue weighted by Crippen LogP contribution is -2.38. The fourth-order valence-corrected chi connectivity index (χ4v) is 1.28. The molecule has 0 aromatic heterocycles. The van der Waals surface area contributed by atoms with Gasteiger partial charge in [0.25, 0.3) is 0 Å². The SMILES string of the molecule is CCOC(Cl)NNCc1ccc(F)cc1F. The highest BCUT2D eigenvalue weighted by atomic mass is 35.5. The molecule has 0 radical (unpaired) electrons. The number of benzene rings is 1. The van der Waals surface area contributed by atoms with Crippen molar-refractivity contribution in [2.24, 2.45) is 0 Å². The summed E-state index contributed by atoms with van der Waals surface area (Å²) in [5.41, 5.74) is 4.94. The van der Waals surface area contributed by atoms with Gasteiger partial charge in [0, 0.05) is 24.8 Å². The first-order valence-corrected chi connectivity index (χ1v) is 5.25. The maximum Gasteiger partial charge on any atom is 0.197 e. The predicted molar refractivity (Wildman–Crippen MR) is 57.6 cm³/mol. The average molecular weight is 251 g/mol. The molecule has 1 aromatic rings. The van der Waals surface area contributed by atoms with Crippen molar-refractivity contribution in [3.05, 3.63) is 35.4 Å². The maximum atomic E-state index is 13.2. The number of ether oxygens (including phenoxy) is 1. The summed E-state index contributed by atoms with van der Waals surface area (Å²) in [5.74, 6) is -1.20. The minimum absolute atomic E-state index is 0.183. The first-order valence-electron chi connectivity index (χ1n) is 4.81. The molecule has 0 spiro atoms. The molecule has 0 saturated carbocycles. The van der Waals surface area contributed by atoms with Gasteiger partial charge in [-0.1, -0.05) is 17.7 Å². The molecule has 0 aliphatic rings. The number of halogens is 3. The molecule has 1 unspecified atom stereocenters. The van der Waals surface area contributed by atoms with Gasteiger partial charge in [-0.25, -0.2) is 14.2 Å². The highest BCUT2D eigenvalue weighted by Crippen LogP contribution is 2.08. The fraction of sp³-hybridized carbons (Fsp3) is 0.400. The van der Waals surface area contributed by atoms with Crippen molar-refractivity contribution >= 4 is 11.6 Å². The second-order valence-electron chi connectivity index (χ2n) is 3.01. The van der Waals surface area contributed by atoms with Crippen LogP contribution in [0, 0.1) is 11.6 Å². The molecule has 6 heteroatoms. The van der Waals surface area contributed by atoms with Crippen molar-refractivity contribution in [1.82, 2.24) is 10.9 Å². The van der Waals surface area contributed by atoms with Crippen LogP contribution in [-0.4, -0.2) is 12.3 Å². The highest BCUT2D eigenvalue weighted by Gasteiger charge is 2.05. The Balaban J connectivity index is 2.37. The molecular weight excluding hydrogens is 238 g/mol. The van der Waals surface area contributed by atoms with E-state index in [-0.39, 0.29) is 6.54 Å². The zero-order valence-electron chi connectivity index (χ0n) is 8.77. The standard InChI is InChI=1S/C10H13ClF2N2O/c1-2-16-10(11)15-14-6-7-3-4-8(12)5-9(7)13/h3-5,10,14-15H,2,6H2,1H3. The van der Waals surface area contributed by atoms with Crippen molar-refractivity contribution in [2.75, 3.05) is 6.61 Å². The van der Waals surface area contributed by atoms with Gasteiger partial charge in [-0.15, -0.1) is 0 Å².